The summed E-state index contributed by atoms with van der Waals surface area (Å²) in [7, 11) is 1.51. The molecular weight excluding hydrogens is 294 g/mol. The molecule has 0 spiro atoms. The van der Waals surface area contributed by atoms with Crippen molar-refractivity contribution in [3.8, 4) is 11.5 Å². The number of methoxy groups -OCH3 is 1. The van der Waals surface area contributed by atoms with Crippen molar-refractivity contribution in [1.29, 1.82) is 0 Å². The Morgan fingerprint density at radius 1 is 1.17 bits per heavy atom. The molecule has 0 atom stereocenters. The van der Waals surface area contributed by atoms with Crippen molar-refractivity contribution in [2.24, 2.45) is 0 Å². The van der Waals surface area contributed by atoms with E-state index in [0.717, 1.165) is 18.4 Å². The smallest absolute Gasteiger partial charge is 0.308 e. The van der Waals surface area contributed by atoms with Crippen LogP contribution >= 0.6 is 0 Å². The first-order chi connectivity index (χ1) is 11.1. The van der Waals surface area contributed by atoms with E-state index in [-0.39, 0.29) is 5.91 Å². The average Bonchev–Trinajstić information content (AvgIpc) is 2.54. The molecule has 1 amide bonds. The zero-order valence-electron chi connectivity index (χ0n) is 13.6. The predicted molar refractivity (Wildman–Crippen MR) is 88.4 cm³/mol. The number of carbonyl (C=O) groups is 2. The molecule has 0 saturated heterocycles. The average molecular weight is 317 g/mol. The molecule has 1 aromatic rings. The summed E-state index contributed by atoms with van der Waals surface area (Å²) < 4.78 is 10.3. The van der Waals surface area contributed by atoms with Gasteiger partial charge in [-0.25, -0.2) is 0 Å². The highest BCUT2D eigenvalue weighted by molar-refractivity contribution is 5.92. The molecule has 1 N–H and O–H groups in total. The van der Waals surface area contributed by atoms with Crippen molar-refractivity contribution in [2.45, 2.75) is 45.1 Å². The number of amides is 1. The molecular formula is C18H23NO4. The van der Waals surface area contributed by atoms with Gasteiger partial charge < -0.3 is 14.8 Å². The van der Waals surface area contributed by atoms with Gasteiger partial charge in [0, 0.05) is 19.0 Å². The second-order valence-corrected chi connectivity index (χ2v) is 5.68. The Kier molecular flexibility index (Phi) is 6.20. The second-order valence-electron chi connectivity index (χ2n) is 5.68. The fraction of sp³-hybridized carbons (Fsp3) is 0.444. The lowest BCUT2D eigenvalue weighted by Gasteiger charge is -2.21. The third kappa shape index (κ3) is 5.43. The van der Waals surface area contributed by atoms with Gasteiger partial charge in [0.1, 0.15) is 0 Å². The summed E-state index contributed by atoms with van der Waals surface area (Å²) in [5.74, 6) is 0.331. The lowest BCUT2D eigenvalue weighted by molar-refractivity contribution is -0.132. The molecule has 0 heterocycles. The molecule has 1 aliphatic carbocycles. The molecule has 124 valence electrons. The molecule has 0 aromatic heterocycles. The zero-order chi connectivity index (χ0) is 16.7. The zero-order valence-corrected chi connectivity index (χ0v) is 13.6. The predicted octanol–water partition coefficient (Wildman–Crippen LogP) is 3.08. The van der Waals surface area contributed by atoms with Gasteiger partial charge in [-0.3, -0.25) is 9.59 Å². The van der Waals surface area contributed by atoms with Crippen LogP contribution in [0.5, 0.6) is 11.5 Å². The molecule has 1 aromatic carbocycles. The number of ether oxygens (including phenoxy) is 2. The summed E-state index contributed by atoms with van der Waals surface area (Å²) in [6.07, 6.45) is 8.99. The maximum absolute atomic E-state index is 12.0. The van der Waals surface area contributed by atoms with Gasteiger partial charge in [0.05, 0.1) is 7.11 Å². The molecule has 1 aliphatic rings. The van der Waals surface area contributed by atoms with Crippen molar-refractivity contribution in [3.05, 3.63) is 29.8 Å². The van der Waals surface area contributed by atoms with Crippen molar-refractivity contribution in [2.75, 3.05) is 7.11 Å². The first-order valence-electron chi connectivity index (χ1n) is 7.93. The molecule has 0 aliphatic heterocycles. The molecule has 1 fully saturated rings. The minimum absolute atomic E-state index is 0.0834. The first-order valence-corrected chi connectivity index (χ1v) is 7.93. The summed E-state index contributed by atoms with van der Waals surface area (Å²) in [5, 5.41) is 3.03. The number of carbonyl (C=O) groups excluding carboxylic acids is 2. The number of esters is 1. The van der Waals surface area contributed by atoms with Gasteiger partial charge in [-0.15, -0.1) is 0 Å². The van der Waals surface area contributed by atoms with Gasteiger partial charge in [-0.1, -0.05) is 25.3 Å². The van der Waals surface area contributed by atoms with Crippen molar-refractivity contribution >= 4 is 18.0 Å². The quantitative estimate of drug-likeness (QED) is 0.515. The monoisotopic (exact) mass is 317 g/mol. The van der Waals surface area contributed by atoms with Gasteiger partial charge in [-0.05, 0) is 36.6 Å². The highest BCUT2D eigenvalue weighted by Crippen LogP contribution is 2.28. The van der Waals surface area contributed by atoms with E-state index in [1.54, 1.807) is 24.3 Å². The van der Waals surface area contributed by atoms with Crippen LogP contribution < -0.4 is 14.8 Å². The number of hydrogen-bond donors (Lipinski definition) is 1. The number of hydrogen-bond acceptors (Lipinski definition) is 4. The van der Waals surface area contributed by atoms with Gasteiger partial charge in [-0.2, -0.15) is 0 Å². The second kappa shape index (κ2) is 8.36. The van der Waals surface area contributed by atoms with E-state index >= 15 is 0 Å². The Labute approximate surface area is 136 Å². The molecule has 0 radical (unpaired) electrons. The maximum Gasteiger partial charge on any atom is 0.308 e. The summed E-state index contributed by atoms with van der Waals surface area (Å²) >= 11 is 0. The van der Waals surface area contributed by atoms with Crippen molar-refractivity contribution in [1.82, 2.24) is 5.32 Å². The lowest BCUT2D eigenvalue weighted by Crippen LogP contribution is -2.34. The Morgan fingerprint density at radius 2 is 1.91 bits per heavy atom. The fourth-order valence-electron chi connectivity index (χ4n) is 2.70. The molecule has 1 saturated carbocycles. The Morgan fingerprint density at radius 3 is 2.57 bits per heavy atom. The largest absolute Gasteiger partial charge is 0.493 e. The van der Waals surface area contributed by atoms with E-state index in [1.807, 2.05) is 0 Å². The normalized spacial score (nSPS) is 15.4. The highest BCUT2D eigenvalue weighted by atomic mass is 16.6. The highest BCUT2D eigenvalue weighted by Gasteiger charge is 2.14. The number of benzene rings is 1. The Bertz CT molecular complexity index is 589. The SMILES string of the molecule is COc1cc(/C=C/C(=O)NC2CCCCC2)ccc1OC(C)=O. The fourth-order valence-corrected chi connectivity index (χ4v) is 2.70. The number of nitrogens with one attached hydrogen (secondary N) is 1. The van der Waals surface area contributed by atoms with E-state index in [0.29, 0.717) is 17.5 Å². The summed E-state index contributed by atoms with van der Waals surface area (Å²) in [6, 6.07) is 5.44. The van der Waals surface area contributed by atoms with E-state index in [9.17, 15) is 9.59 Å². The van der Waals surface area contributed by atoms with Crippen LogP contribution in [0.3, 0.4) is 0 Å². The molecule has 23 heavy (non-hydrogen) atoms. The van der Waals surface area contributed by atoms with Crippen LogP contribution in [0, 0.1) is 0 Å². The van der Waals surface area contributed by atoms with Crippen LogP contribution in [0.1, 0.15) is 44.6 Å². The van der Waals surface area contributed by atoms with Gasteiger partial charge in [0.2, 0.25) is 5.91 Å². The van der Waals surface area contributed by atoms with Crippen LogP contribution in [0.25, 0.3) is 6.08 Å². The van der Waals surface area contributed by atoms with Crippen molar-refractivity contribution < 1.29 is 19.1 Å². The minimum Gasteiger partial charge on any atom is -0.493 e. The topological polar surface area (TPSA) is 64.6 Å². The van der Waals surface area contributed by atoms with Gasteiger partial charge >= 0.3 is 5.97 Å². The minimum atomic E-state index is -0.404. The molecule has 5 heteroatoms. The Balaban J connectivity index is 1.98. The van der Waals surface area contributed by atoms with Gasteiger partial charge in [0.25, 0.3) is 0 Å². The summed E-state index contributed by atoms with van der Waals surface area (Å²) in [4.78, 5) is 23.0. The lowest BCUT2D eigenvalue weighted by atomic mass is 9.95. The van der Waals surface area contributed by atoms with E-state index in [2.05, 4.69) is 5.32 Å². The van der Waals surface area contributed by atoms with Crippen LogP contribution in [0.15, 0.2) is 24.3 Å². The van der Waals surface area contributed by atoms with Crippen LogP contribution in [0.4, 0.5) is 0 Å². The maximum atomic E-state index is 12.0. The third-order valence-corrected chi connectivity index (χ3v) is 3.82. The molecule has 0 bridgehead atoms. The van der Waals surface area contributed by atoms with E-state index < -0.39 is 5.97 Å². The standard InChI is InChI=1S/C18H23NO4/c1-13(20)23-16-10-8-14(12-17(16)22-2)9-11-18(21)19-15-6-4-3-5-7-15/h8-12,15H,3-7H2,1-2H3,(H,19,21)/b11-9+. The summed E-state index contributed by atoms with van der Waals surface area (Å²) in [5.41, 5.74) is 0.802. The third-order valence-electron chi connectivity index (χ3n) is 3.82. The van der Waals surface area contributed by atoms with E-state index in [4.69, 9.17) is 9.47 Å². The van der Waals surface area contributed by atoms with Crippen LogP contribution in [-0.2, 0) is 9.59 Å². The van der Waals surface area contributed by atoms with E-state index in [1.165, 1.54) is 39.4 Å². The van der Waals surface area contributed by atoms with Gasteiger partial charge in [0.15, 0.2) is 11.5 Å². The van der Waals surface area contributed by atoms with Crippen LogP contribution in [-0.4, -0.2) is 25.0 Å². The Hall–Kier alpha value is -2.30. The number of rotatable bonds is 5. The molecule has 5 nitrogen and oxygen atoms in total. The summed E-state index contributed by atoms with van der Waals surface area (Å²) in [6.45, 7) is 1.34. The van der Waals surface area contributed by atoms with Crippen LogP contribution in [0.2, 0.25) is 0 Å². The molecule has 2 rings (SSSR count). The van der Waals surface area contributed by atoms with Crippen molar-refractivity contribution in [3.63, 3.8) is 0 Å². The molecule has 0 unspecified atom stereocenters. The first kappa shape index (κ1) is 17.1.